The van der Waals surface area contributed by atoms with Crippen molar-refractivity contribution < 1.29 is 13.2 Å². The summed E-state index contributed by atoms with van der Waals surface area (Å²) in [7, 11) is -1.99. The van der Waals surface area contributed by atoms with Gasteiger partial charge in [-0.15, -0.1) is 0 Å². The first kappa shape index (κ1) is 15.4. The second-order valence-electron chi connectivity index (χ2n) is 3.92. The lowest BCUT2D eigenvalue weighted by Gasteiger charge is -2.09. The van der Waals surface area contributed by atoms with Crippen molar-refractivity contribution in [1.82, 2.24) is 9.71 Å². The van der Waals surface area contributed by atoms with Gasteiger partial charge in [0.05, 0.1) is 0 Å². The topological polar surface area (TPSA) is 114 Å². The molecule has 1 heterocycles. The van der Waals surface area contributed by atoms with Crippen molar-refractivity contribution in [3.05, 3.63) is 18.3 Å². The number of carbonyl (C=O) groups excluding carboxylic acids is 1. The van der Waals surface area contributed by atoms with Gasteiger partial charge in [-0.05, 0) is 25.0 Å². The molecule has 0 saturated carbocycles. The van der Waals surface area contributed by atoms with Gasteiger partial charge in [-0.1, -0.05) is 0 Å². The van der Waals surface area contributed by atoms with Gasteiger partial charge >= 0.3 is 0 Å². The van der Waals surface area contributed by atoms with E-state index in [9.17, 15) is 13.2 Å². The van der Waals surface area contributed by atoms with Gasteiger partial charge in [-0.3, -0.25) is 4.79 Å². The lowest BCUT2D eigenvalue weighted by atomic mass is 10.2. The number of hydrogen-bond acceptors (Lipinski definition) is 5. The van der Waals surface area contributed by atoms with Crippen LogP contribution in [0.1, 0.15) is 19.3 Å². The number of rotatable bonds is 8. The number of nitrogens with two attached hydrogens (primary N) is 1. The number of nitrogens with zero attached hydrogens (tertiary/aromatic N) is 1. The van der Waals surface area contributed by atoms with Gasteiger partial charge in [0, 0.05) is 26.2 Å². The zero-order valence-corrected chi connectivity index (χ0v) is 11.5. The van der Waals surface area contributed by atoms with Gasteiger partial charge in [0.25, 0.3) is 0 Å². The van der Waals surface area contributed by atoms with Gasteiger partial charge in [-0.25, -0.2) is 18.1 Å². The Morgan fingerprint density at radius 2 is 2.16 bits per heavy atom. The van der Waals surface area contributed by atoms with Gasteiger partial charge < -0.3 is 11.1 Å². The summed E-state index contributed by atoms with van der Waals surface area (Å²) in [5.41, 5.74) is 5.00. The van der Waals surface area contributed by atoms with Crippen LogP contribution >= 0.6 is 0 Å². The fraction of sp³-hybridized carbons (Fsp3) is 0.455. The van der Waals surface area contributed by atoms with E-state index in [0.717, 1.165) is 0 Å². The van der Waals surface area contributed by atoms with Crippen LogP contribution in [-0.4, -0.2) is 32.9 Å². The Morgan fingerprint density at radius 3 is 2.79 bits per heavy atom. The number of amides is 1. The molecular weight excluding hydrogens is 268 g/mol. The van der Waals surface area contributed by atoms with E-state index in [0.29, 0.717) is 18.7 Å². The number of hydrogen-bond donors (Lipinski definition) is 3. The minimum atomic E-state index is -3.59. The highest BCUT2D eigenvalue weighted by molar-refractivity contribution is 7.89. The molecular formula is C11H18N4O3S. The van der Waals surface area contributed by atoms with E-state index in [-0.39, 0.29) is 23.8 Å². The molecule has 0 atom stereocenters. The quantitative estimate of drug-likeness (QED) is 0.584. The Hall–Kier alpha value is -1.67. The van der Waals surface area contributed by atoms with E-state index >= 15 is 0 Å². The number of anilines is 1. The minimum absolute atomic E-state index is 0.104. The molecule has 1 aromatic heterocycles. The molecule has 4 N–H and O–H groups in total. The predicted molar refractivity (Wildman–Crippen MR) is 72.0 cm³/mol. The molecule has 0 spiro atoms. The molecule has 0 aliphatic rings. The van der Waals surface area contributed by atoms with E-state index in [2.05, 4.69) is 15.0 Å². The lowest BCUT2D eigenvalue weighted by molar-refractivity contribution is -0.118. The molecule has 8 heteroatoms. The van der Waals surface area contributed by atoms with Crippen LogP contribution < -0.4 is 15.8 Å². The first-order valence-corrected chi connectivity index (χ1v) is 7.36. The SMILES string of the molecule is CNc1ncccc1S(=O)(=O)NCCCCC(N)=O. The zero-order valence-electron chi connectivity index (χ0n) is 10.7. The second kappa shape index (κ2) is 7.05. The number of aromatic nitrogens is 1. The van der Waals surface area contributed by atoms with E-state index in [1.54, 1.807) is 13.1 Å². The van der Waals surface area contributed by atoms with Crippen molar-refractivity contribution in [2.45, 2.75) is 24.2 Å². The molecule has 0 saturated heterocycles. The van der Waals surface area contributed by atoms with Crippen LogP contribution in [0.4, 0.5) is 5.82 Å². The van der Waals surface area contributed by atoms with Crippen molar-refractivity contribution in [3.8, 4) is 0 Å². The van der Waals surface area contributed by atoms with E-state index in [1.165, 1.54) is 12.3 Å². The maximum Gasteiger partial charge on any atom is 0.244 e. The van der Waals surface area contributed by atoms with Crippen LogP contribution in [-0.2, 0) is 14.8 Å². The summed E-state index contributed by atoms with van der Waals surface area (Å²) in [6, 6.07) is 3.03. The van der Waals surface area contributed by atoms with Gasteiger partial charge in [0.15, 0.2) is 0 Å². The van der Waals surface area contributed by atoms with Crippen LogP contribution in [0.3, 0.4) is 0 Å². The molecule has 0 aromatic carbocycles. The first-order valence-electron chi connectivity index (χ1n) is 5.88. The Morgan fingerprint density at radius 1 is 1.42 bits per heavy atom. The Bertz CT molecular complexity index is 530. The fourth-order valence-electron chi connectivity index (χ4n) is 1.50. The molecule has 0 fully saturated rings. The maximum atomic E-state index is 12.0. The molecule has 0 aliphatic carbocycles. The summed E-state index contributed by atoms with van der Waals surface area (Å²) < 4.78 is 26.5. The highest BCUT2D eigenvalue weighted by Gasteiger charge is 2.17. The Kier molecular flexibility index (Phi) is 5.71. The molecule has 0 unspecified atom stereocenters. The monoisotopic (exact) mass is 286 g/mol. The number of unbranched alkanes of at least 4 members (excludes halogenated alkanes) is 1. The first-order chi connectivity index (χ1) is 8.97. The third kappa shape index (κ3) is 4.84. The van der Waals surface area contributed by atoms with Crippen LogP contribution in [0.5, 0.6) is 0 Å². The largest absolute Gasteiger partial charge is 0.372 e. The molecule has 7 nitrogen and oxygen atoms in total. The van der Waals surface area contributed by atoms with Gasteiger partial charge in [0.2, 0.25) is 15.9 Å². The summed E-state index contributed by atoms with van der Waals surface area (Å²) in [4.78, 5) is 14.6. The van der Waals surface area contributed by atoms with Gasteiger partial charge in [0.1, 0.15) is 10.7 Å². The normalized spacial score (nSPS) is 11.2. The molecule has 1 aromatic rings. The molecule has 0 radical (unpaired) electrons. The van der Waals surface area contributed by atoms with Crippen molar-refractivity contribution >= 4 is 21.7 Å². The maximum absolute atomic E-state index is 12.0. The Balaban J connectivity index is 2.59. The van der Waals surface area contributed by atoms with Crippen molar-refractivity contribution in [3.63, 3.8) is 0 Å². The molecule has 1 rings (SSSR count). The smallest absolute Gasteiger partial charge is 0.244 e. The summed E-state index contributed by atoms with van der Waals surface area (Å²) in [5.74, 6) is -0.0836. The van der Waals surface area contributed by atoms with Gasteiger partial charge in [-0.2, -0.15) is 0 Å². The molecule has 19 heavy (non-hydrogen) atoms. The third-order valence-corrected chi connectivity index (χ3v) is 3.93. The van der Waals surface area contributed by atoms with Crippen LogP contribution in [0.2, 0.25) is 0 Å². The summed E-state index contributed by atoms with van der Waals surface area (Å²) in [5, 5.41) is 2.73. The number of nitrogens with one attached hydrogen (secondary N) is 2. The fourth-order valence-corrected chi connectivity index (χ4v) is 2.74. The number of primary amides is 1. The van der Waals surface area contributed by atoms with Crippen LogP contribution in [0.25, 0.3) is 0 Å². The van der Waals surface area contributed by atoms with Crippen molar-refractivity contribution in [1.29, 1.82) is 0 Å². The lowest BCUT2D eigenvalue weighted by Crippen LogP contribution is -2.26. The molecule has 0 aliphatic heterocycles. The van der Waals surface area contributed by atoms with Crippen LogP contribution in [0, 0.1) is 0 Å². The molecule has 1 amide bonds. The molecule has 106 valence electrons. The van der Waals surface area contributed by atoms with Crippen molar-refractivity contribution in [2.24, 2.45) is 5.73 Å². The van der Waals surface area contributed by atoms with Crippen molar-refractivity contribution in [2.75, 3.05) is 18.9 Å². The average Bonchev–Trinajstić information content (AvgIpc) is 2.37. The molecule has 0 bridgehead atoms. The highest BCUT2D eigenvalue weighted by atomic mass is 32.2. The van der Waals surface area contributed by atoms with E-state index in [4.69, 9.17) is 5.73 Å². The van der Waals surface area contributed by atoms with Crippen LogP contribution in [0.15, 0.2) is 23.2 Å². The standard InChI is InChI=1S/C11H18N4O3S/c1-13-11-9(5-4-7-14-11)19(17,18)15-8-3-2-6-10(12)16/h4-5,7,15H,2-3,6,8H2,1H3,(H2,12,16)(H,13,14). The number of sulfonamides is 1. The second-order valence-corrected chi connectivity index (χ2v) is 5.66. The Labute approximate surface area is 112 Å². The third-order valence-electron chi connectivity index (χ3n) is 2.44. The summed E-state index contributed by atoms with van der Waals surface area (Å²) >= 11 is 0. The average molecular weight is 286 g/mol. The summed E-state index contributed by atoms with van der Waals surface area (Å²) in [6.45, 7) is 0.258. The zero-order chi connectivity index (χ0) is 14.3. The summed E-state index contributed by atoms with van der Waals surface area (Å²) in [6.07, 6.45) is 2.88. The van der Waals surface area contributed by atoms with E-state index in [1.807, 2.05) is 0 Å². The van der Waals surface area contributed by atoms with E-state index < -0.39 is 10.0 Å². The number of carbonyl (C=O) groups is 1. The number of pyridine rings is 1. The predicted octanol–water partition coefficient (Wildman–Crippen LogP) is 0.0572. The minimum Gasteiger partial charge on any atom is -0.372 e. The highest BCUT2D eigenvalue weighted by Crippen LogP contribution is 2.16.